The van der Waals surface area contributed by atoms with Crippen LogP contribution in [0.15, 0.2) is 54.6 Å². The molecule has 25 heavy (non-hydrogen) atoms. The lowest BCUT2D eigenvalue weighted by Gasteiger charge is -2.02. The number of thiol groups is 1. The molecule has 6 nitrogen and oxygen atoms in total. The van der Waals surface area contributed by atoms with Crippen molar-refractivity contribution in [3.8, 4) is 21.7 Å². The van der Waals surface area contributed by atoms with Gasteiger partial charge in [-0.3, -0.25) is 14.9 Å². The molecule has 1 atom stereocenters. The number of carboxylic acids is 1. The topological polar surface area (TPSA) is 93.3 Å². The lowest BCUT2D eigenvalue weighted by molar-refractivity contribution is -0.384. The molecule has 0 bridgehead atoms. The lowest BCUT2D eigenvalue weighted by atomic mass is 10.1. The van der Waals surface area contributed by atoms with E-state index in [2.05, 4.69) is 17.6 Å². The Balaban J connectivity index is 2.13. The Labute approximate surface area is 152 Å². The van der Waals surface area contributed by atoms with E-state index in [1.807, 2.05) is 30.3 Å². The normalized spacial score (nSPS) is 11.9. The molecule has 8 heteroatoms. The number of non-ortho nitro benzene ring substituents is 1. The summed E-state index contributed by atoms with van der Waals surface area (Å²) in [5, 5.41) is 19.3. The monoisotopic (exact) mass is 372 g/mol. The van der Waals surface area contributed by atoms with E-state index in [0.717, 1.165) is 10.4 Å². The highest BCUT2D eigenvalue weighted by Crippen LogP contribution is 2.40. The van der Waals surface area contributed by atoms with Crippen molar-refractivity contribution >= 4 is 35.6 Å². The van der Waals surface area contributed by atoms with Gasteiger partial charge >= 0.3 is 5.97 Å². The molecule has 2 aromatic carbocycles. The van der Waals surface area contributed by atoms with Crippen LogP contribution in [-0.4, -0.2) is 21.0 Å². The van der Waals surface area contributed by atoms with Crippen molar-refractivity contribution in [3.63, 3.8) is 0 Å². The van der Waals surface area contributed by atoms with Crippen molar-refractivity contribution in [3.05, 3.63) is 69.7 Å². The smallest absolute Gasteiger partial charge is 0.323 e. The van der Waals surface area contributed by atoms with E-state index < -0.39 is 16.1 Å². The summed E-state index contributed by atoms with van der Waals surface area (Å²) in [4.78, 5) is 26.8. The first-order valence-corrected chi connectivity index (χ1v) is 8.52. The van der Waals surface area contributed by atoms with Crippen LogP contribution in [0.4, 0.5) is 5.69 Å². The van der Waals surface area contributed by atoms with E-state index in [1.165, 1.54) is 23.5 Å². The fraction of sp³-hybridized carbons (Fsp3) is 0.0588. The SMILES string of the molecule is O=C(O)C(S)c1nc(-c2ccc([N+](=O)[O-])cc2)c(-c2ccccc2)s1. The molecule has 1 aromatic heterocycles. The zero-order valence-corrected chi connectivity index (χ0v) is 14.4. The first-order chi connectivity index (χ1) is 12.0. The first-order valence-electron chi connectivity index (χ1n) is 7.19. The van der Waals surface area contributed by atoms with Crippen LogP contribution < -0.4 is 0 Å². The van der Waals surface area contributed by atoms with Gasteiger partial charge in [0.1, 0.15) is 5.01 Å². The van der Waals surface area contributed by atoms with Gasteiger partial charge in [0.05, 0.1) is 15.5 Å². The third-order valence-electron chi connectivity index (χ3n) is 3.50. The molecule has 3 aromatic rings. The number of hydrogen-bond acceptors (Lipinski definition) is 6. The zero-order valence-electron chi connectivity index (χ0n) is 12.7. The number of nitro groups is 1. The molecular weight excluding hydrogens is 360 g/mol. The van der Waals surface area contributed by atoms with Crippen molar-refractivity contribution < 1.29 is 14.8 Å². The van der Waals surface area contributed by atoms with Crippen LogP contribution in [0.25, 0.3) is 21.7 Å². The fourth-order valence-electron chi connectivity index (χ4n) is 2.28. The van der Waals surface area contributed by atoms with Crippen LogP contribution in [-0.2, 0) is 4.79 Å². The number of aliphatic carboxylic acids is 1. The van der Waals surface area contributed by atoms with Gasteiger partial charge in [0.2, 0.25) is 0 Å². The maximum absolute atomic E-state index is 11.2. The Bertz CT molecular complexity index is 924. The first kappa shape index (κ1) is 17.1. The summed E-state index contributed by atoms with van der Waals surface area (Å²) in [7, 11) is 0. The molecule has 0 aliphatic carbocycles. The second-order valence-electron chi connectivity index (χ2n) is 5.14. The van der Waals surface area contributed by atoms with E-state index in [1.54, 1.807) is 12.1 Å². The summed E-state index contributed by atoms with van der Waals surface area (Å²) >= 11 is 5.35. The standard InChI is InChI=1S/C17H12N2O4S2/c20-17(21)14(24)16-18-13(10-6-8-12(9-7-10)19(22)23)15(25-16)11-4-2-1-3-5-11/h1-9,14,24H,(H,20,21). The van der Waals surface area contributed by atoms with Crippen molar-refractivity contribution in [1.29, 1.82) is 0 Å². The van der Waals surface area contributed by atoms with Gasteiger partial charge in [0.25, 0.3) is 5.69 Å². The van der Waals surface area contributed by atoms with Crippen LogP contribution in [0, 0.1) is 10.1 Å². The van der Waals surface area contributed by atoms with Gasteiger partial charge in [-0.15, -0.1) is 11.3 Å². The van der Waals surface area contributed by atoms with Gasteiger partial charge in [-0.1, -0.05) is 30.3 Å². The van der Waals surface area contributed by atoms with E-state index in [-0.39, 0.29) is 5.69 Å². The molecule has 0 saturated heterocycles. The summed E-state index contributed by atoms with van der Waals surface area (Å²) in [6.45, 7) is 0. The number of carbonyl (C=O) groups is 1. The summed E-state index contributed by atoms with van der Waals surface area (Å²) < 4.78 is 0. The predicted molar refractivity (Wildman–Crippen MR) is 99.0 cm³/mol. The Kier molecular flexibility index (Phi) is 4.82. The molecule has 0 aliphatic rings. The summed E-state index contributed by atoms with van der Waals surface area (Å²) in [6.07, 6.45) is 0. The molecule has 126 valence electrons. The molecule has 0 radical (unpaired) electrons. The lowest BCUT2D eigenvalue weighted by Crippen LogP contribution is -2.04. The molecule has 0 aliphatic heterocycles. The predicted octanol–water partition coefficient (Wildman–Crippen LogP) is 4.44. The summed E-state index contributed by atoms with van der Waals surface area (Å²) in [6, 6.07) is 15.5. The minimum absolute atomic E-state index is 0.0157. The summed E-state index contributed by atoms with van der Waals surface area (Å²) in [5.74, 6) is -1.08. The van der Waals surface area contributed by atoms with Gasteiger partial charge in [-0.05, 0) is 17.7 Å². The maximum atomic E-state index is 11.2. The van der Waals surface area contributed by atoms with Crippen molar-refractivity contribution in [2.45, 2.75) is 5.25 Å². The fourth-order valence-corrected chi connectivity index (χ4v) is 3.57. The highest BCUT2D eigenvalue weighted by Gasteiger charge is 2.23. The van der Waals surface area contributed by atoms with E-state index in [4.69, 9.17) is 0 Å². The average molecular weight is 372 g/mol. The Hall–Kier alpha value is -2.71. The van der Waals surface area contributed by atoms with Crippen molar-refractivity contribution in [1.82, 2.24) is 4.98 Å². The number of benzene rings is 2. The van der Waals surface area contributed by atoms with Crippen LogP contribution in [0.1, 0.15) is 10.3 Å². The molecule has 3 rings (SSSR count). The van der Waals surface area contributed by atoms with Crippen LogP contribution >= 0.6 is 24.0 Å². The Morgan fingerprint density at radius 1 is 1.12 bits per heavy atom. The number of hydrogen-bond donors (Lipinski definition) is 2. The number of aromatic nitrogens is 1. The molecular formula is C17H12N2O4S2. The van der Waals surface area contributed by atoms with E-state index in [9.17, 15) is 20.0 Å². The molecule has 1 unspecified atom stereocenters. The largest absolute Gasteiger partial charge is 0.480 e. The number of carboxylic acid groups (broad SMARTS) is 1. The Morgan fingerprint density at radius 2 is 1.76 bits per heavy atom. The molecule has 0 saturated carbocycles. The number of nitro benzene ring substituents is 1. The number of thiazole rings is 1. The van der Waals surface area contributed by atoms with Crippen LogP contribution in [0.5, 0.6) is 0 Å². The van der Waals surface area contributed by atoms with Gasteiger partial charge in [0.15, 0.2) is 5.25 Å². The molecule has 0 fully saturated rings. The van der Waals surface area contributed by atoms with Crippen LogP contribution in [0.3, 0.4) is 0 Å². The Morgan fingerprint density at radius 3 is 2.32 bits per heavy atom. The van der Waals surface area contributed by atoms with Crippen molar-refractivity contribution in [2.75, 3.05) is 0 Å². The molecule has 0 amide bonds. The van der Waals surface area contributed by atoms with Crippen LogP contribution in [0.2, 0.25) is 0 Å². The molecule has 1 N–H and O–H groups in total. The van der Waals surface area contributed by atoms with Gasteiger partial charge in [-0.25, -0.2) is 4.98 Å². The minimum atomic E-state index is -1.08. The van der Waals surface area contributed by atoms with Crippen molar-refractivity contribution in [2.24, 2.45) is 0 Å². The molecule has 0 spiro atoms. The highest BCUT2D eigenvalue weighted by atomic mass is 32.1. The third kappa shape index (κ3) is 3.54. The van der Waals surface area contributed by atoms with Gasteiger partial charge < -0.3 is 5.11 Å². The number of nitrogens with zero attached hydrogens (tertiary/aromatic N) is 2. The maximum Gasteiger partial charge on any atom is 0.323 e. The third-order valence-corrected chi connectivity index (χ3v) is 5.31. The number of rotatable bonds is 5. The summed E-state index contributed by atoms with van der Waals surface area (Å²) in [5.41, 5.74) is 2.14. The van der Waals surface area contributed by atoms with E-state index >= 15 is 0 Å². The molecule has 1 heterocycles. The second-order valence-corrected chi connectivity index (χ2v) is 6.69. The van der Waals surface area contributed by atoms with Gasteiger partial charge in [-0.2, -0.15) is 12.6 Å². The second kappa shape index (κ2) is 7.04. The quantitative estimate of drug-likeness (QED) is 0.392. The van der Waals surface area contributed by atoms with E-state index in [0.29, 0.717) is 16.3 Å². The zero-order chi connectivity index (χ0) is 18.0. The minimum Gasteiger partial charge on any atom is -0.480 e. The highest BCUT2D eigenvalue weighted by molar-refractivity contribution is 7.81. The average Bonchev–Trinajstić information content (AvgIpc) is 3.07. The van der Waals surface area contributed by atoms with Gasteiger partial charge in [0, 0.05) is 17.7 Å².